The van der Waals surface area contributed by atoms with E-state index in [1.165, 1.54) is 12.4 Å². The van der Waals surface area contributed by atoms with Crippen molar-refractivity contribution in [2.75, 3.05) is 23.7 Å². The highest BCUT2D eigenvalue weighted by atomic mass is 19.2. The Labute approximate surface area is 228 Å². The molecule has 2 fully saturated rings. The van der Waals surface area contributed by atoms with Crippen LogP contribution in [0.2, 0.25) is 0 Å². The second-order valence-electron chi connectivity index (χ2n) is 10.7. The summed E-state index contributed by atoms with van der Waals surface area (Å²) in [4.78, 5) is 19.7. The van der Waals surface area contributed by atoms with Crippen molar-refractivity contribution in [1.82, 2.24) is 34.3 Å². The van der Waals surface area contributed by atoms with Gasteiger partial charge in [0, 0.05) is 24.8 Å². The Bertz CT molecular complexity index is 1730. The molecule has 204 valence electrons. The van der Waals surface area contributed by atoms with Crippen LogP contribution in [0.4, 0.5) is 20.3 Å². The Morgan fingerprint density at radius 3 is 2.73 bits per heavy atom. The van der Waals surface area contributed by atoms with Gasteiger partial charge in [0.25, 0.3) is 0 Å². The Morgan fingerprint density at radius 1 is 1.02 bits per heavy atom. The predicted molar refractivity (Wildman–Crippen MR) is 146 cm³/mol. The number of fused-ring (bicyclic) bond motifs is 1. The molecule has 0 bridgehead atoms. The number of hydrogen-bond donors (Lipinski definition) is 2. The van der Waals surface area contributed by atoms with Crippen LogP contribution in [-0.2, 0) is 12.1 Å². The molecule has 0 spiro atoms. The summed E-state index contributed by atoms with van der Waals surface area (Å²) >= 11 is 0. The molecule has 1 unspecified atom stereocenters. The van der Waals surface area contributed by atoms with Crippen LogP contribution in [0, 0.1) is 11.6 Å². The monoisotopic (exact) mass is 542 g/mol. The minimum atomic E-state index is -0.924. The number of nitrogens with zero attached hydrogens (tertiary/aromatic N) is 8. The summed E-state index contributed by atoms with van der Waals surface area (Å²) in [5, 5.41) is 4.84. The van der Waals surface area contributed by atoms with Gasteiger partial charge >= 0.3 is 0 Å². The van der Waals surface area contributed by atoms with Crippen molar-refractivity contribution in [2.24, 2.45) is 5.73 Å². The molecule has 5 aromatic rings. The summed E-state index contributed by atoms with van der Waals surface area (Å²) in [6.07, 6.45) is 10.9. The molecule has 1 saturated carbocycles. The molecule has 0 radical (unpaired) electrons. The number of nitrogen functional groups attached to an aromatic ring is 1. The van der Waals surface area contributed by atoms with E-state index in [1.54, 1.807) is 12.5 Å². The smallest absolute Gasteiger partial charge is 0.165 e. The lowest BCUT2D eigenvalue weighted by Crippen LogP contribution is -2.52. The van der Waals surface area contributed by atoms with Crippen LogP contribution in [0.15, 0.2) is 55.4 Å². The van der Waals surface area contributed by atoms with Gasteiger partial charge in [0.1, 0.15) is 11.8 Å². The number of hydrogen-bond acceptors (Lipinski definition) is 8. The van der Waals surface area contributed by atoms with E-state index >= 15 is 0 Å². The van der Waals surface area contributed by atoms with E-state index in [0.29, 0.717) is 47.4 Å². The molecule has 1 aliphatic heterocycles. The first kappa shape index (κ1) is 24.6. The second kappa shape index (κ2) is 9.33. The third-order valence-corrected chi connectivity index (χ3v) is 7.86. The SMILES string of the molecule is Nc1ncnc2c1ncn2Cc1cc(-c2ccc(F)c(F)c2)ncc1N1CCCC(N)(c2ccn(C3CC3)n2)C1. The topological polar surface area (TPSA) is 130 Å². The minimum absolute atomic E-state index is 0.302. The van der Waals surface area contributed by atoms with Crippen molar-refractivity contribution in [3.05, 3.63) is 78.3 Å². The van der Waals surface area contributed by atoms with E-state index in [0.717, 1.165) is 61.3 Å². The number of rotatable bonds is 6. The molecular formula is C28H28F2N10. The lowest BCUT2D eigenvalue weighted by molar-refractivity contribution is 0.341. The second-order valence-corrected chi connectivity index (χ2v) is 10.7. The molecule has 1 saturated heterocycles. The first-order valence-corrected chi connectivity index (χ1v) is 13.3. The Kier molecular flexibility index (Phi) is 5.74. The zero-order valence-corrected chi connectivity index (χ0v) is 21.7. The normalized spacial score (nSPS) is 19.4. The molecule has 12 heteroatoms. The van der Waals surface area contributed by atoms with Gasteiger partial charge in [-0.1, -0.05) is 0 Å². The fourth-order valence-electron chi connectivity index (χ4n) is 5.56. The number of piperidine rings is 1. The Morgan fingerprint density at radius 2 is 1.90 bits per heavy atom. The standard InChI is InChI=1S/C28H28F2N10/c29-20-5-2-17(10-21(20)30)22-11-18(13-39-16-36-25-26(31)34-15-35-27(25)39)23(12-33-22)38-8-1-7-28(32,14-38)24-6-9-40(37-24)19-3-4-19/h2,5-6,9-12,15-16,19H,1,3-4,7-8,13-14,32H2,(H2,31,34,35). The van der Waals surface area contributed by atoms with Crippen LogP contribution in [-0.4, -0.2) is 47.4 Å². The summed E-state index contributed by atoms with van der Waals surface area (Å²) in [6.45, 7) is 1.75. The van der Waals surface area contributed by atoms with E-state index < -0.39 is 17.2 Å². The van der Waals surface area contributed by atoms with Gasteiger partial charge in [-0.25, -0.2) is 23.7 Å². The van der Waals surface area contributed by atoms with Crippen LogP contribution in [0.1, 0.15) is 43.0 Å². The van der Waals surface area contributed by atoms with E-state index in [4.69, 9.17) is 16.6 Å². The highest BCUT2D eigenvalue weighted by Gasteiger charge is 2.37. The van der Waals surface area contributed by atoms with Gasteiger partial charge in [0.2, 0.25) is 0 Å². The van der Waals surface area contributed by atoms with E-state index in [9.17, 15) is 8.78 Å². The number of imidazole rings is 1. The van der Waals surface area contributed by atoms with E-state index in [2.05, 4.69) is 24.8 Å². The molecule has 7 rings (SSSR count). The molecule has 5 heterocycles. The van der Waals surface area contributed by atoms with Gasteiger partial charge in [-0.05, 0) is 61.6 Å². The molecule has 1 aliphatic carbocycles. The number of halogens is 2. The largest absolute Gasteiger partial charge is 0.382 e. The summed E-state index contributed by atoms with van der Waals surface area (Å²) in [6, 6.07) is 8.20. The zero-order chi connectivity index (χ0) is 27.4. The molecule has 1 aromatic carbocycles. The summed E-state index contributed by atoms with van der Waals surface area (Å²) < 4.78 is 31.6. The molecule has 4 N–H and O–H groups in total. The van der Waals surface area contributed by atoms with Crippen LogP contribution < -0.4 is 16.4 Å². The number of nitrogens with two attached hydrogens (primary N) is 2. The Hall–Kier alpha value is -4.45. The van der Waals surface area contributed by atoms with Gasteiger partial charge < -0.3 is 20.9 Å². The van der Waals surface area contributed by atoms with E-state index in [1.807, 2.05) is 27.6 Å². The Balaban J connectivity index is 1.27. The maximum Gasteiger partial charge on any atom is 0.165 e. The molecule has 1 atom stereocenters. The third-order valence-electron chi connectivity index (χ3n) is 7.86. The predicted octanol–water partition coefficient (Wildman–Crippen LogP) is 3.78. The molecule has 10 nitrogen and oxygen atoms in total. The molecule has 40 heavy (non-hydrogen) atoms. The van der Waals surface area contributed by atoms with Crippen molar-refractivity contribution in [3.63, 3.8) is 0 Å². The summed E-state index contributed by atoms with van der Waals surface area (Å²) in [7, 11) is 0. The molecular weight excluding hydrogens is 514 g/mol. The highest BCUT2D eigenvalue weighted by Crippen LogP contribution is 2.37. The minimum Gasteiger partial charge on any atom is -0.382 e. The number of pyridine rings is 1. The van der Waals surface area contributed by atoms with Crippen LogP contribution >= 0.6 is 0 Å². The van der Waals surface area contributed by atoms with Crippen molar-refractivity contribution in [1.29, 1.82) is 0 Å². The summed E-state index contributed by atoms with van der Waals surface area (Å²) in [5.74, 6) is -1.53. The fourth-order valence-corrected chi connectivity index (χ4v) is 5.56. The van der Waals surface area contributed by atoms with Crippen molar-refractivity contribution >= 4 is 22.7 Å². The van der Waals surface area contributed by atoms with Gasteiger partial charge in [-0.3, -0.25) is 9.67 Å². The first-order valence-electron chi connectivity index (χ1n) is 13.3. The maximum atomic E-state index is 14.1. The maximum absolute atomic E-state index is 14.1. The third kappa shape index (κ3) is 4.34. The van der Waals surface area contributed by atoms with Crippen molar-refractivity contribution in [3.8, 4) is 11.3 Å². The molecule has 2 aliphatic rings. The van der Waals surface area contributed by atoms with Crippen LogP contribution in [0.25, 0.3) is 22.4 Å². The average Bonchev–Trinajstić information content (AvgIpc) is 3.52. The van der Waals surface area contributed by atoms with Crippen LogP contribution in [0.3, 0.4) is 0 Å². The van der Waals surface area contributed by atoms with Crippen molar-refractivity contribution < 1.29 is 8.78 Å². The van der Waals surface area contributed by atoms with Gasteiger partial charge in [0.15, 0.2) is 23.1 Å². The number of anilines is 2. The number of benzene rings is 1. The fraction of sp³-hybridized carbons (Fsp3) is 0.321. The lowest BCUT2D eigenvalue weighted by atomic mass is 9.86. The molecule has 4 aromatic heterocycles. The lowest BCUT2D eigenvalue weighted by Gasteiger charge is -2.41. The van der Waals surface area contributed by atoms with Gasteiger partial charge in [-0.15, -0.1) is 0 Å². The summed E-state index contributed by atoms with van der Waals surface area (Å²) in [5.41, 5.74) is 17.2. The first-order chi connectivity index (χ1) is 19.4. The van der Waals surface area contributed by atoms with Gasteiger partial charge in [-0.2, -0.15) is 5.10 Å². The molecule has 0 amide bonds. The highest BCUT2D eigenvalue weighted by molar-refractivity contribution is 5.81. The van der Waals surface area contributed by atoms with E-state index in [-0.39, 0.29) is 0 Å². The quantitative estimate of drug-likeness (QED) is 0.332. The van der Waals surface area contributed by atoms with Crippen LogP contribution in [0.5, 0.6) is 0 Å². The number of aromatic nitrogens is 7. The average molecular weight is 543 g/mol. The van der Waals surface area contributed by atoms with Crippen molar-refractivity contribution in [2.45, 2.75) is 43.8 Å². The van der Waals surface area contributed by atoms with Gasteiger partial charge in [0.05, 0.1) is 47.7 Å². The zero-order valence-electron chi connectivity index (χ0n) is 21.7.